The van der Waals surface area contributed by atoms with Crippen molar-refractivity contribution >= 4 is 5.91 Å². The van der Waals surface area contributed by atoms with E-state index in [9.17, 15) is 9.90 Å². The van der Waals surface area contributed by atoms with Crippen molar-refractivity contribution in [1.29, 1.82) is 0 Å². The van der Waals surface area contributed by atoms with Crippen molar-refractivity contribution in [1.82, 2.24) is 4.90 Å². The molecule has 5 heteroatoms. The van der Waals surface area contributed by atoms with Gasteiger partial charge in [0.15, 0.2) is 0 Å². The highest BCUT2D eigenvalue weighted by Gasteiger charge is 2.40. The van der Waals surface area contributed by atoms with Gasteiger partial charge in [0.1, 0.15) is 0 Å². The number of nitrogens with two attached hydrogens (primary N) is 1. The number of amides is 1. The van der Waals surface area contributed by atoms with Gasteiger partial charge in [-0.15, -0.1) is 0 Å². The Balaban J connectivity index is 1.95. The number of hydrogen-bond acceptors (Lipinski definition) is 4. The predicted octanol–water partition coefficient (Wildman–Crippen LogP) is 0.648. The Bertz CT molecular complexity index is 329. The minimum Gasteiger partial charge on any atom is -0.388 e. The normalized spacial score (nSPS) is 31.5. The number of piperidine rings is 1. The molecule has 1 heterocycles. The molecule has 2 rings (SSSR count). The predicted molar refractivity (Wildman–Crippen MR) is 72.6 cm³/mol. The molecular weight excluding hydrogens is 244 g/mol. The molecule has 2 aliphatic rings. The summed E-state index contributed by atoms with van der Waals surface area (Å²) in [6.07, 6.45) is 6.24. The minimum absolute atomic E-state index is 0.0506. The monoisotopic (exact) mass is 270 g/mol. The average Bonchev–Trinajstić information content (AvgIpc) is 2.76. The van der Waals surface area contributed by atoms with Crippen LogP contribution >= 0.6 is 0 Å². The van der Waals surface area contributed by atoms with Crippen LogP contribution in [0.5, 0.6) is 0 Å². The third-order valence-corrected chi connectivity index (χ3v) is 4.60. The highest BCUT2D eigenvalue weighted by molar-refractivity contribution is 5.75. The van der Waals surface area contributed by atoms with Crippen LogP contribution in [0.4, 0.5) is 0 Å². The molecule has 1 atom stereocenters. The van der Waals surface area contributed by atoms with Gasteiger partial charge in [0.05, 0.1) is 17.6 Å². The lowest BCUT2D eigenvalue weighted by Crippen LogP contribution is -2.54. The average molecular weight is 270 g/mol. The van der Waals surface area contributed by atoms with Crippen molar-refractivity contribution in [2.75, 3.05) is 26.7 Å². The Kier molecular flexibility index (Phi) is 4.48. The Morgan fingerprint density at radius 1 is 1.32 bits per heavy atom. The molecule has 110 valence electrons. The van der Waals surface area contributed by atoms with E-state index in [-0.39, 0.29) is 12.0 Å². The third-order valence-electron chi connectivity index (χ3n) is 4.60. The number of aliphatic hydroxyl groups is 1. The van der Waals surface area contributed by atoms with Gasteiger partial charge in [-0.3, -0.25) is 9.69 Å². The maximum Gasteiger partial charge on any atom is 0.220 e. The van der Waals surface area contributed by atoms with Gasteiger partial charge >= 0.3 is 0 Å². The van der Waals surface area contributed by atoms with Gasteiger partial charge in [-0.05, 0) is 32.2 Å². The van der Waals surface area contributed by atoms with Gasteiger partial charge in [0, 0.05) is 20.2 Å². The van der Waals surface area contributed by atoms with Gasteiger partial charge in [-0.2, -0.15) is 0 Å². The fraction of sp³-hybridized carbons (Fsp3) is 0.929. The van der Waals surface area contributed by atoms with E-state index in [1.807, 2.05) is 0 Å². The van der Waals surface area contributed by atoms with Crippen molar-refractivity contribution in [2.24, 2.45) is 5.73 Å². The molecule has 1 aliphatic carbocycles. The van der Waals surface area contributed by atoms with Crippen LogP contribution in [-0.2, 0) is 9.53 Å². The van der Waals surface area contributed by atoms with Crippen LogP contribution in [0.1, 0.15) is 44.9 Å². The van der Waals surface area contributed by atoms with Gasteiger partial charge in [0.25, 0.3) is 0 Å². The highest BCUT2D eigenvalue weighted by atomic mass is 16.5. The number of ether oxygens (including phenoxy) is 1. The maximum absolute atomic E-state index is 11.1. The van der Waals surface area contributed by atoms with E-state index in [0.717, 1.165) is 32.4 Å². The molecule has 0 bridgehead atoms. The number of methoxy groups -OCH3 is 1. The van der Waals surface area contributed by atoms with Crippen LogP contribution < -0.4 is 5.73 Å². The molecule has 1 saturated heterocycles. The summed E-state index contributed by atoms with van der Waals surface area (Å²) in [5.74, 6) is -0.424. The van der Waals surface area contributed by atoms with Gasteiger partial charge in [-0.1, -0.05) is 12.8 Å². The van der Waals surface area contributed by atoms with E-state index < -0.39 is 11.5 Å². The number of primary amides is 1. The number of likely N-dealkylation sites (tertiary alicyclic amines) is 1. The van der Waals surface area contributed by atoms with Crippen LogP contribution in [0.25, 0.3) is 0 Å². The van der Waals surface area contributed by atoms with Crippen molar-refractivity contribution in [3.8, 4) is 0 Å². The van der Waals surface area contributed by atoms with Crippen LogP contribution in [0.2, 0.25) is 0 Å². The molecule has 0 aromatic carbocycles. The summed E-state index contributed by atoms with van der Waals surface area (Å²) in [4.78, 5) is 13.3. The van der Waals surface area contributed by atoms with E-state index in [1.165, 1.54) is 12.8 Å². The first-order valence-corrected chi connectivity index (χ1v) is 7.25. The molecule has 1 aliphatic heterocycles. The number of carbonyl (C=O) groups excluding carboxylic acids is 1. The molecular formula is C14H26N2O3. The molecule has 0 spiro atoms. The number of rotatable bonds is 5. The summed E-state index contributed by atoms with van der Waals surface area (Å²) in [7, 11) is 1.78. The molecule has 19 heavy (non-hydrogen) atoms. The molecule has 1 unspecified atom stereocenters. The van der Waals surface area contributed by atoms with Crippen LogP contribution in [0, 0.1) is 0 Å². The van der Waals surface area contributed by atoms with Gasteiger partial charge < -0.3 is 15.6 Å². The Morgan fingerprint density at radius 3 is 2.58 bits per heavy atom. The summed E-state index contributed by atoms with van der Waals surface area (Å²) in [6.45, 7) is 2.35. The zero-order valence-corrected chi connectivity index (χ0v) is 11.9. The largest absolute Gasteiger partial charge is 0.388 e. The fourth-order valence-electron chi connectivity index (χ4n) is 3.66. The van der Waals surface area contributed by atoms with Crippen molar-refractivity contribution < 1.29 is 14.6 Å². The third kappa shape index (κ3) is 3.68. The van der Waals surface area contributed by atoms with E-state index in [2.05, 4.69) is 4.90 Å². The number of hydrogen-bond donors (Lipinski definition) is 2. The first kappa shape index (κ1) is 14.8. The van der Waals surface area contributed by atoms with Crippen LogP contribution in [-0.4, -0.2) is 53.9 Å². The molecule has 5 nitrogen and oxygen atoms in total. The second-order valence-corrected chi connectivity index (χ2v) is 6.28. The topological polar surface area (TPSA) is 75.8 Å². The number of carbonyl (C=O) groups is 1. The van der Waals surface area contributed by atoms with E-state index >= 15 is 0 Å². The summed E-state index contributed by atoms with van der Waals surface area (Å²) in [5.41, 5.74) is 4.23. The SMILES string of the molecule is COC1(CN2CCCC(O)(CC(N)=O)C2)CCCC1. The second kappa shape index (κ2) is 5.77. The van der Waals surface area contributed by atoms with E-state index in [4.69, 9.17) is 10.5 Å². The molecule has 3 N–H and O–H groups in total. The van der Waals surface area contributed by atoms with E-state index in [1.54, 1.807) is 7.11 Å². The number of β-amino-alcohol motifs (C(OH)–C–C–N with tert-alkyl or cyclic N) is 1. The lowest BCUT2D eigenvalue weighted by molar-refractivity contribution is -0.127. The Morgan fingerprint density at radius 2 is 2.00 bits per heavy atom. The van der Waals surface area contributed by atoms with Gasteiger partial charge in [-0.25, -0.2) is 0 Å². The molecule has 1 saturated carbocycles. The van der Waals surface area contributed by atoms with Crippen molar-refractivity contribution in [2.45, 2.75) is 56.1 Å². The lowest BCUT2D eigenvalue weighted by atomic mass is 9.88. The fourth-order valence-corrected chi connectivity index (χ4v) is 3.66. The zero-order chi connectivity index (χ0) is 13.9. The smallest absolute Gasteiger partial charge is 0.220 e. The summed E-state index contributed by atoms with van der Waals surface area (Å²) >= 11 is 0. The van der Waals surface area contributed by atoms with Crippen LogP contribution in [0.15, 0.2) is 0 Å². The van der Waals surface area contributed by atoms with Gasteiger partial charge in [0.2, 0.25) is 5.91 Å². The number of nitrogens with zero attached hydrogens (tertiary/aromatic N) is 1. The van der Waals surface area contributed by atoms with Crippen LogP contribution in [0.3, 0.4) is 0 Å². The zero-order valence-electron chi connectivity index (χ0n) is 11.9. The first-order chi connectivity index (χ1) is 8.97. The first-order valence-electron chi connectivity index (χ1n) is 7.25. The van der Waals surface area contributed by atoms with Crippen molar-refractivity contribution in [3.63, 3.8) is 0 Å². The highest BCUT2D eigenvalue weighted by Crippen LogP contribution is 2.35. The minimum atomic E-state index is -0.947. The Labute approximate surface area is 115 Å². The summed E-state index contributed by atoms with van der Waals surface area (Å²) in [5, 5.41) is 10.5. The quantitative estimate of drug-likeness (QED) is 0.769. The standard InChI is InChI=1S/C14H26N2O3/c1-19-14(6-2-3-7-14)11-16-8-4-5-13(18,10-16)9-12(15)17/h18H,2-11H2,1H3,(H2,15,17). The molecule has 0 radical (unpaired) electrons. The second-order valence-electron chi connectivity index (χ2n) is 6.28. The maximum atomic E-state index is 11.1. The lowest BCUT2D eigenvalue weighted by Gasteiger charge is -2.42. The molecule has 0 aromatic heterocycles. The molecule has 1 amide bonds. The summed E-state index contributed by atoms with van der Waals surface area (Å²) in [6, 6.07) is 0. The molecule has 2 fully saturated rings. The molecule has 0 aromatic rings. The van der Waals surface area contributed by atoms with E-state index in [0.29, 0.717) is 13.0 Å². The summed E-state index contributed by atoms with van der Waals surface area (Å²) < 4.78 is 5.74. The Hall–Kier alpha value is -0.650. The van der Waals surface area contributed by atoms with Crippen molar-refractivity contribution in [3.05, 3.63) is 0 Å².